The smallest absolute Gasteiger partial charge is 0.355 e. The average Bonchev–Trinajstić information content (AvgIpc) is 2.69. The van der Waals surface area contributed by atoms with Gasteiger partial charge in [-0.25, -0.2) is 4.79 Å². The molecule has 100 valence electrons. The molecule has 0 saturated heterocycles. The van der Waals surface area contributed by atoms with Crippen LogP contribution >= 0.6 is 0 Å². The molecule has 0 aliphatic heterocycles. The highest BCUT2D eigenvalue weighted by atomic mass is 16.5. The van der Waals surface area contributed by atoms with Gasteiger partial charge in [-0.1, -0.05) is 13.3 Å². The molecule has 1 aromatic heterocycles. The molecule has 0 amide bonds. The normalized spacial score (nSPS) is 23.9. The number of carbonyl (C=O) groups excluding carboxylic acids is 1. The van der Waals surface area contributed by atoms with Crippen LogP contribution in [0.15, 0.2) is 12.3 Å². The van der Waals surface area contributed by atoms with Crippen molar-refractivity contribution < 1.29 is 9.53 Å². The maximum Gasteiger partial charge on any atom is 0.355 e. The maximum absolute atomic E-state index is 12.1. The molecule has 0 spiro atoms. The lowest BCUT2D eigenvalue weighted by Gasteiger charge is -2.30. The molecule has 2 unspecified atom stereocenters. The van der Waals surface area contributed by atoms with Crippen LogP contribution in [-0.2, 0) is 11.8 Å². The van der Waals surface area contributed by atoms with Crippen LogP contribution in [0.1, 0.15) is 49.5 Å². The average molecular weight is 250 g/mol. The molecule has 4 nitrogen and oxygen atoms in total. The van der Waals surface area contributed by atoms with Crippen LogP contribution in [0, 0.1) is 5.92 Å². The predicted molar refractivity (Wildman–Crippen MR) is 71.3 cm³/mol. The zero-order valence-electron chi connectivity index (χ0n) is 11.2. The van der Waals surface area contributed by atoms with E-state index in [2.05, 4.69) is 6.92 Å². The molecule has 0 bridgehead atoms. The van der Waals surface area contributed by atoms with Crippen molar-refractivity contribution >= 4 is 11.7 Å². The van der Waals surface area contributed by atoms with Crippen molar-refractivity contribution in [2.45, 2.75) is 45.1 Å². The first-order valence-electron chi connectivity index (χ1n) is 6.74. The summed E-state index contributed by atoms with van der Waals surface area (Å²) in [5, 5.41) is 0. The van der Waals surface area contributed by atoms with E-state index in [1.165, 1.54) is 12.8 Å². The van der Waals surface area contributed by atoms with Gasteiger partial charge in [0.2, 0.25) is 0 Å². The van der Waals surface area contributed by atoms with E-state index in [9.17, 15) is 4.79 Å². The van der Waals surface area contributed by atoms with E-state index in [0.717, 1.165) is 19.3 Å². The van der Waals surface area contributed by atoms with Crippen LogP contribution in [0.2, 0.25) is 0 Å². The number of anilines is 1. The van der Waals surface area contributed by atoms with Crippen LogP contribution in [0.3, 0.4) is 0 Å². The number of ether oxygens (including phenoxy) is 1. The van der Waals surface area contributed by atoms with Crippen LogP contribution in [0.5, 0.6) is 0 Å². The summed E-state index contributed by atoms with van der Waals surface area (Å²) in [6, 6.07) is 1.67. The number of aromatic nitrogens is 1. The van der Waals surface area contributed by atoms with E-state index < -0.39 is 0 Å². The molecule has 18 heavy (non-hydrogen) atoms. The molecule has 4 heteroatoms. The molecule has 1 saturated carbocycles. The second kappa shape index (κ2) is 5.46. The summed E-state index contributed by atoms with van der Waals surface area (Å²) in [6.07, 6.45) is 7.45. The number of rotatable bonds is 3. The topological polar surface area (TPSA) is 57.2 Å². The summed E-state index contributed by atoms with van der Waals surface area (Å²) in [5.74, 6) is 0.264. The van der Waals surface area contributed by atoms with Crippen molar-refractivity contribution in [3.8, 4) is 0 Å². The fourth-order valence-electron chi connectivity index (χ4n) is 2.79. The van der Waals surface area contributed by atoms with Crippen molar-refractivity contribution in [3.63, 3.8) is 0 Å². The second-order valence-corrected chi connectivity index (χ2v) is 5.17. The number of hydrogen-bond acceptors (Lipinski definition) is 3. The van der Waals surface area contributed by atoms with Crippen molar-refractivity contribution in [1.82, 2.24) is 4.57 Å². The number of nitrogens with zero attached hydrogens (tertiary/aromatic N) is 1. The van der Waals surface area contributed by atoms with Gasteiger partial charge in [0.25, 0.3) is 0 Å². The molecule has 1 aliphatic carbocycles. The molecule has 1 aliphatic rings. The second-order valence-electron chi connectivity index (χ2n) is 5.17. The van der Waals surface area contributed by atoms with E-state index in [1.807, 2.05) is 7.05 Å². The highest BCUT2D eigenvalue weighted by Gasteiger charge is 2.28. The third-order valence-corrected chi connectivity index (χ3v) is 3.86. The molecule has 0 radical (unpaired) electrons. The SMILES string of the molecule is CCC1CCCCC1OC(=O)c1cc(N)cn1C. The first kappa shape index (κ1) is 13.0. The Hall–Kier alpha value is -1.45. The molecule has 1 fully saturated rings. The largest absolute Gasteiger partial charge is 0.457 e. The zero-order chi connectivity index (χ0) is 13.1. The van der Waals surface area contributed by atoms with E-state index in [0.29, 0.717) is 17.3 Å². The molecule has 1 heterocycles. The Bertz CT molecular complexity index is 425. The third kappa shape index (κ3) is 2.68. The fourth-order valence-corrected chi connectivity index (χ4v) is 2.79. The molecular formula is C14H22N2O2. The molecule has 2 rings (SSSR count). The van der Waals surface area contributed by atoms with Gasteiger partial charge < -0.3 is 15.0 Å². The molecule has 2 N–H and O–H groups in total. The van der Waals surface area contributed by atoms with Crippen molar-refractivity contribution in [2.75, 3.05) is 5.73 Å². The first-order valence-corrected chi connectivity index (χ1v) is 6.74. The summed E-state index contributed by atoms with van der Waals surface area (Å²) < 4.78 is 7.38. The number of esters is 1. The van der Waals surface area contributed by atoms with Gasteiger partial charge in [-0.3, -0.25) is 0 Å². The van der Waals surface area contributed by atoms with Crippen molar-refractivity contribution in [2.24, 2.45) is 13.0 Å². The Labute approximate surface area is 108 Å². The minimum Gasteiger partial charge on any atom is -0.457 e. The summed E-state index contributed by atoms with van der Waals surface area (Å²) in [4.78, 5) is 12.1. The van der Waals surface area contributed by atoms with E-state index in [4.69, 9.17) is 10.5 Å². The van der Waals surface area contributed by atoms with Gasteiger partial charge in [0, 0.05) is 13.2 Å². The summed E-state index contributed by atoms with van der Waals surface area (Å²) in [7, 11) is 1.81. The minimum atomic E-state index is -0.250. The molecular weight excluding hydrogens is 228 g/mol. The highest BCUT2D eigenvalue weighted by Crippen LogP contribution is 2.29. The van der Waals surface area contributed by atoms with Gasteiger partial charge in [-0.15, -0.1) is 0 Å². The standard InChI is InChI=1S/C14H22N2O2/c1-3-10-6-4-5-7-13(10)18-14(17)12-8-11(15)9-16(12)2/h8-10,13H,3-7,15H2,1-2H3. The monoisotopic (exact) mass is 250 g/mol. The Balaban J connectivity index is 2.04. The summed E-state index contributed by atoms with van der Waals surface area (Å²) >= 11 is 0. The van der Waals surface area contributed by atoms with E-state index in [-0.39, 0.29) is 12.1 Å². The summed E-state index contributed by atoms with van der Waals surface area (Å²) in [6.45, 7) is 2.16. The summed E-state index contributed by atoms with van der Waals surface area (Å²) in [5.41, 5.74) is 6.81. The van der Waals surface area contributed by atoms with Crippen LogP contribution < -0.4 is 5.73 Å². The first-order chi connectivity index (χ1) is 8.61. The number of hydrogen-bond donors (Lipinski definition) is 1. The van der Waals surface area contributed by atoms with E-state index in [1.54, 1.807) is 16.8 Å². The molecule has 0 aromatic carbocycles. The zero-order valence-corrected chi connectivity index (χ0v) is 11.2. The van der Waals surface area contributed by atoms with E-state index >= 15 is 0 Å². The maximum atomic E-state index is 12.1. The van der Waals surface area contributed by atoms with Gasteiger partial charge >= 0.3 is 5.97 Å². The van der Waals surface area contributed by atoms with Crippen molar-refractivity contribution in [1.29, 1.82) is 0 Å². The van der Waals surface area contributed by atoms with Gasteiger partial charge in [0.1, 0.15) is 11.8 Å². The van der Waals surface area contributed by atoms with Gasteiger partial charge in [0.05, 0.1) is 5.69 Å². The van der Waals surface area contributed by atoms with Gasteiger partial charge in [0.15, 0.2) is 0 Å². The molecule has 1 aromatic rings. The Morgan fingerprint density at radius 3 is 2.83 bits per heavy atom. The minimum absolute atomic E-state index is 0.0763. The molecule has 2 atom stereocenters. The fraction of sp³-hybridized carbons (Fsp3) is 0.643. The Morgan fingerprint density at radius 2 is 2.22 bits per heavy atom. The lowest BCUT2D eigenvalue weighted by molar-refractivity contribution is -0.000224. The lowest BCUT2D eigenvalue weighted by Crippen LogP contribution is -2.30. The van der Waals surface area contributed by atoms with Crippen LogP contribution in [0.4, 0.5) is 5.69 Å². The number of carbonyl (C=O) groups is 1. The Morgan fingerprint density at radius 1 is 1.50 bits per heavy atom. The van der Waals surface area contributed by atoms with Crippen LogP contribution in [0.25, 0.3) is 0 Å². The third-order valence-electron chi connectivity index (χ3n) is 3.86. The van der Waals surface area contributed by atoms with Gasteiger partial charge in [-0.2, -0.15) is 0 Å². The Kier molecular flexibility index (Phi) is 3.94. The quantitative estimate of drug-likeness (QED) is 0.839. The van der Waals surface area contributed by atoms with Crippen molar-refractivity contribution in [3.05, 3.63) is 18.0 Å². The van der Waals surface area contributed by atoms with Crippen LogP contribution in [-0.4, -0.2) is 16.6 Å². The lowest BCUT2D eigenvalue weighted by atomic mass is 9.85. The van der Waals surface area contributed by atoms with Gasteiger partial charge in [-0.05, 0) is 37.7 Å². The predicted octanol–water partition coefficient (Wildman–Crippen LogP) is 2.73. The number of aryl methyl sites for hydroxylation is 1. The highest BCUT2D eigenvalue weighted by molar-refractivity contribution is 5.89. The number of nitrogens with two attached hydrogens (primary N) is 1. The number of nitrogen functional groups attached to an aromatic ring is 1.